The number of carbonyl (C=O) groups is 2. The van der Waals surface area contributed by atoms with Crippen molar-refractivity contribution in [3.8, 4) is 0 Å². The van der Waals surface area contributed by atoms with Crippen molar-refractivity contribution in [1.82, 2.24) is 10.6 Å². The molecule has 1 heterocycles. The minimum Gasteiger partial charge on any atom is -0.469 e. The summed E-state index contributed by atoms with van der Waals surface area (Å²) in [5.74, 6) is 0.467. The Morgan fingerprint density at radius 1 is 1.17 bits per heavy atom. The largest absolute Gasteiger partial charge is 0.469 e. The summed E-state index contributed by atoms with van der Waals surface area (Å²) >= 11 is 0. The van der Waals surface area contributed by atoms with E-state index in [1.54, 1.807) is 12.3 Å². The molecule has 1 atom stereocenters. The average molecular weight is 328 g/mol. The molecule has 0 aliphatic rings. The van der Waals surface area contributed by atoms with Crippen molar-refractivity contribution >= 4 is 11.8 Å². The summed E-state index contributed by atoms with van der Waals surface area (Å²) in [6.07, 6.45) is 3.19. The van der Waals surface area contributed by atoms with Gasteiger partial charge in [-0.1, -0.05) is 6.07 Å². The monoisotopic (exact) mass is 328 g/mol. The van der Waals surface area contributed by atoms with E-state index in [-0.39, 0.29) is 24.4 Å². The lowest BCUT2D eigenvalue weighted by Crippen LogP contribution is -2.41. The lowest BCUT2D eigenvalue weighted by molar-refractivity contribution is -0.120. The number of furan rings is 1. The number of hydrogen-bond acceptors (Lipinski definition) is 3. The minimum atomic E-state index is -0.239. The molecule has 0 spiro atoms. The Labute approximate surface area is 142 Å². The second-order valence-electron chi connectivity index (χ2n) is 6.07. The fourth-order valence-corrected chi connectivity index (χ4v) is 2.36. The first kappa shape index (κ1) is 17.8. The molecule has 2 rings (SSSR count). The Bertz CT molecular complexity index is 693. The van der Waals surface area contributed by atoms with Gasteiger partial charge < -0.3 is 15.1 Å². The standard InChI is InChI=1S/C19H24N2O3/c1-13-6-8-16(11-14(13)2)19(23)20-12-18(22)21-15(3)7-9-17-5-4-10-24-17/h4-6,8,10-11,15H,7,9,12H2,1-3H3,(H,20,23)(H,21,22). The second kappa shape index (κ2) is 8.34. The van der Waals surface area contributed by atoms with Gasteiger partial charge in [0.1, 0.15) is 5.76 Å². The topological polar surface area (TPSA) is 71.3 Å². The van der Waals surface area contributed by atoms with E-state index < -0.39 is 0 Å². The van der Waals surface area contributed by atoms with Gasteiger partial charge in [0, 0.05) is 18.0 Å². The molecular weight excluding hydrogens is 304 g/mol. The van der Waals surface area contributed by atoms with Crippen LogP contribution >= 0.6 is 0 Å². The van der Waals surface area contributed by atoms with Gasteiger partial charge in [0.25, 0.3) is 5.91 Å². The lowest BCUT2D eigenvalue weighted by atomic mass is 10.1. The van der Waals surface area contributed by atoms with Crippen LogP contribution in [0, 0.1) is 13.8 Å². The first-order valence-corrected chi connectivity index (χ1v) is 8.13. The van der Waals surface area contributed by atoms with E-state index in [4.69, 9.17) is 4.42 Å². The summed E-state index contributed by atoms with van der Waals surface area (Å²) in [5.41, 5.74) is 2.75. The highest BCUT2D eigenvalue weighted by Gasteiger charge is 2.11. The molecule has 0 bridgehead atoms. The highest BCUT2D eigenvalue weighted by atomic mass is 16.3. The van der Waals surface area contributed by atoms with Crippen LogP contribution in [0.4, 0.5) is 0 Å². The Hall–Kier alpha value is -2.56. The van der Waals surface area contributed by atoms with Gasteiger partial charge in [-0.05, 0) is 62.6 Å². The van der Waals surface area contributed by atoms with E-state index >= 15 is 0 Å². The van der Waals surface area contributed by atoms with Crippen molar-refractivity contribution in [3.05, 3.63) is 59.0 Å². The average Bonchev–Trinajstić information content (AvgIpc) is 3.06. The Kier molecular flexibility index (Phi) is 6.18. The molecule has 5 heteroatoms. The van der Waals surface area contributed by atoms with Gasteiger partial charge in [0.2, 0.25) is 5.91 Å². The van der Waals surface area contributed by atoms with Crippen LogP contribution in [-0.4, -0.2) is 24.4 Å². The van der Waals surface area contributed by atoms with E-state index in [2.05, 4.69) is 10.6 Å². The number of benzene rings is 1. The van der Waals surface area contributed by atoms with Crippen molar-refractivity contribution in [1.29, 1.82) is 0 Å². The zero-order chi connectivity index (χ0) is 17.5. The fourth-order valence-electron chi connectivity index (χ4n) is 2.36. The van der Waals surface area contributed by atoms with Crippen LogP contribution in [0.15, 0.2) is 41.0 Å². The Balaban J connectivity index is 1.73. The number of nitrogens with one attached hydrogen (secondary N) is 2. The predicted molar refractivity (Wildman–Crippen MR) is 92.9 cm³/mol. The quantitative estimate of drug-likeness (QED) is 0.821. The van der Waals surface area contributed by atoms with Gasteiger partial charge >= 0.3 is 0 Å². The van der Waals surface area contributed by atoms with Crippen molar-refractivity contribution < 1.29 is 14.0 Å². The zero-order valence-corrected chi connectivity index (χ0v) is 14.4. The number of aryl methyl sites for hydroxylation is 3. The molecule has 0 fully saturated rings. The van der Waals surface area contributed by atoms with Crippen molar-refractivity contribution in [2.45, 2.75) is 39.7 Å². The molecule has 2 aromatic rings. The molecular formula is C19H24N2O3. The molecule has 0 aliphatic carbocycles. The molecule has 128 valence electrons. The van der Waals surface area contributed by atoms with Crippen molar-refractivity contribution in [3.63, 3.8) is 0 Å². The number of rotatable bonds is 7. The normalized spacial score (nSPS) is 11.8. The van der Waals surface area contributed by atoms with Crippen LogP contribution in [0.25, 0.3) is 0 Å². The van der Waals surface area contributed by atoms with Crippen LogP contribution in [0.5, 0.6) is 0 Å². The first-order valence-electron chi connectivity index (χ1n) is 8.13. The van der Waals surface area contributed by atoms with Crippen LogP contribution in [0.3, 0.4) is 0 Å². The summed E-state index contributed by atoms with van der Waals surface area (Å²) in [7, 11) is 0. The summed E-state index contributed by atoms with van der Waals surface area (Å²) in [6, 6.07) is 9.28. The number of carbonyl (C=O) groups excluding carboxylic acids is 2. The maximum atomic E-state index is 12.1. The van der Waals surface area contributed by atoms with E-state index in [0.717, 1.165) is 29.7 Å². The maximum Gasteiger partial charge on any atom is 0.251 e. The van der Waals surface area contributed by atoms with Crippen molar-refractivity contribution in [2.75, 3.05) is 6.54 Å². The molecule has 2 amide bonds. The smallest absolute Gasteiger partial charge is 0.251 e. The third-order valence-corrected chi connectivity index (χ3v) is 3.99. The Morgan fingerprint density at radius 3 is 2.62 bits per heavy atom. The molecule has 0 saturated carbocycles. The SMILES string of the molecule is Cc1ccc(C(=O)NCC(=O)NC(C)CCc2ccco2)cc1C. The number of amides is 2. The molecule has 2 N–H and O–H groups in total. The molecule has 0 saturated heterocycles. The van der Waals surface area contributed by atoms with E-state index in [0.29, 0.717) is 5.56 Å². The van der Waals surface area contributed by atoms with Gasteiger partial charge in [-0.15, -0.1) is 0 Å². The number of hydrogen-bond donors (Lipinski definition) is 2. The third-order valence-electron chi connectivity index (χ3n) is 3.99. The second-order valence-corrected chi connectivity index (χ2v) is 6.07. The summed E-state index contributed by atoms with van der Waals surface area (Å²) in [4.78, 5) is 24.0. The zero-order valence-electron chi connectivity index (χ0n) is 14.4. The summed E-state index contributed by atoms with van der Waals surface area (Å²) in [6.45, 7) is 5.86. The molecule has 0 radical (unpaired) electrons. The maximum absolute atomic E-state index is 12.1. The Morgan fingerprint density at radius 2 is 1.96 bits per heavy atom. The van der Waals surface area contributed by atoms with Gasteiger partial charge in [-0.25, -0.2) is 0 Å². The van der Waals surface area contributed by atoms with Crippen molar-refractivity contribution in [2.24, 2.45) is 0 Å². The van der Waals surface area contributed by atoms with Crippen LogP contribution < -0.4 is 10.6 Å². The van der Waals surface area contributed by atoms with Gasteiger partial charge in [0.15, 0.2) is 0 Å². The highest BCUT2D eigenvalue weighted by Crippen LogP contribution is 2.09. The first-order chi connectivity index (χ1) is 11.5. The molecule has 0 aliphatic heterocycles. The predicted octanol–water partition coefficient (Wildman–Crippen LogP) is 2.76. The molecule has 24 heavy (non-hydrogen) atoms. The summed E-state index contributed by atoms with van der Waals surface area (Å²) < 4.78 is 5.27. The summed E-state index contributed by atoms with van der Waals surface area (Å²) in [5, 5.41) is 5.53. The third kappa shape index (κ3) is 5.26. The highest BCUT2D eigenvalue weighted by molar-refractivity contribution is 5.96. The van der Waals surface area contributed by atoms with E-state index in [9.17, 15) is 9.59 Å². The van der Waals surface area contributed by atoms with Crippen LogP contribution in [-0.2, 0) is 11.2 Å². The lowest BCUT2D eigenvalue weighted by Gasteiger charge is -2.13. The van der Waals surface area contributed by atoms with Gasteiger partial charge in [-0.3, -0.25) is 9.59 Å². The molecule has 1 unspecified atom stereocenters. The van der Waals surface area contributed by atoms with Gasteiger partial charge in [-0.2, -0.15) is 0 Å². The fraction of sp³-hybridized carbons (Fsp3) is 0.368. The van der Waals surface area contributed by atoms with Gasteiger partial charge in [0.05, 0.1) is 12.8 Å². The molecule has 5 nitrogen and oxygen atoms in total. The molecule has 1 aromatic heterocycles. The van der Waals surface area contributed by atoms with Crippen LogP contribution in [0.2, 0.25) is 0 Å². The molecule has 1 aromatic carbocycles. The van der Waals surface area contributed by atoms with E-state index in [1.807, 2.05) is 45.0 Å². The minimum absolute atomic E-state index is 0.0149. The van der Waals surface area contributed by atoms with E-state index in [1.165, 1.54) is 0 Å². The van der Waals surface area contributed by atoms with Crippen LogP contribution in [0.1, 0.15) is 40.6 Å².